The molecule has 0 radical (unpaired) electrons. The number of rotatable bonds is 7. The lowest BCUT2D eigenvalue weighted by molar-refractivity contribution is -0.123. The molecule has 1 aliphatic rings. The molecule has 26 heavy (non-hydrogen) atoms. The molecule has 1 amide bonds. The van der Waals surface area contributed by atoms with Crippen LogP contribution in [0, 0.1) is 13.8 Å². The largest absolute Gasteiger partial charge is 0.484 e. The predicted octanol–water partition coefficient (Wildman–Crippen LogP) is 2.46. The number of benzene rings is 1. The standard InChI is InChI=1S/C20H26N2O4/c1-15-10-16(2)12-17(11-15)26-14-20(23)21-13-18(19-4-3-7-25-19)22-5-8-24-9-6-22/h3-4,7,10-12,18H,5-6,8-9,13-14H2,1-2H3,(H,21,23)/t18-/m1/s1. The summed E-state index contributed by atoms with van der Waals surface area (Å²) in [4.78, 5) is 14.5. The first-order chi connectivity index (χ1) is 12.6. The van der Waals surface area contributed by atoms with E-state index in [9.17, 15) is 4.79 Å². The van der Waals surface area contributed by atoms with Gasteiger partial charge in [-0.3, -0.25) is 9.69 Å². The monoisotopic (exact) mass is 358 g/mol. The lowest BCUT2D eigenvalue weighted by Gasteiger charge is -2.33. The second-order valence-corrected chi connectivity index (χ2v) is 6.60. The zero-order valence-electron chi connectivity index (χ0n) is 15.4. The Balaban J connectivity index is 1.53. The van der Waals surface area contributed by atoms with Gasteiger partial charge >= 0.3 is 0 Å². The molecule has 2 heterocycles. The molecule has 0 saturated carbocycles. The van der Waals surface area contributed by atoms with Crippen molar-refractivity contribution in [1.29, 1.82) is 0 Å². The molecule has 6 heteroatoms. The fourth-order valence-electron chi connectivity index (χ4n) is 3.21. The molecule has 1 saturated heterocycles. The quantitative estimate of drug-likeness (QED) is 0.824. The van der Waals surface area contributed by atoms with Gasteiger partial charge in [0.15, 0.2) is 6.61 Å². The number of ether oxygens (including phenoxy) is 2. The smallest absolute Gasteiger partial charge is 0.258 e. The van der Waals surface area contributed by atoms with Crippen LogP contribution in [-0.4, -0.2) is 50.3 Å². The van der Waals surface area contributed by atoms with Crippen molar-refractivity contribution >= 4 is 5.91 Å². The molecule has 1 aromatic carbocycles. The van der Waals surface area contributed by atoms with Gasteiger partial charge in [-0.25, -0.2) is 0 Å². The number of morpholine rings is 1. The van der Waals surface area contributed by atoms with E-state index in [0.29, 0.717) is 25.5 Å². The first kappa shape index (κ1) is 18.5. The van der Waals surface area contributed by atoms with Gasteiger partial charge in [0.2, 0.25) is 0 Å². The molecule has 2 aromatic rings. The van der Waals surface area contributed by atoms with E-state index in [2.05, 4.69) is 16.3 Å². The van der Waals surface area contributed by atoms with Crippen LogP contribution >= 0.6 is 0 Å². The van der Waals surface area contributed by atoms with Crippen molar-refractivity contribution < 1.29 is 18.7 Å². The molecular formula is C20H26N2O4. The van der Waals surface area contributed by atoms with Crippen molar-refractivity contribution in [2.75, 3.05) is 39.5 Å². The van der Waals surface area contributed by atoms with Gasteiger partial charge < -0.3 is 19.2 Å². The van der Waals surface area contributed by atoms with Gasteiger partial charge in [-0.05, 0) is 49.2 Å². The maximum Gasteiger partial charge on any atom is 0.258 e. The van der Waals surface area contributed by atoms with Crippen molar-refractivity contribution in [2.45, 2.75) is 19.9 Å². The summed E-state index contributed by atoms with van der Waals surface area (Å²) in [7, 11) is 0. The van der Waals surface area contributed by atoms with Crippen molar-refractivity contribution in [3.05, 3.63) is 53.5 Å². The first-order valence-corrected chi connectivity index (χ1v) is 8.95. The van der Waals surface area contributed by atoms with E-state index in [0.717, 1.165) is 30.0 Å². The maximum absolute atomic E-state index is 12.2. The fourth-order valence-corrected chi connectivity index (χ4v) is 3.21. The normalized spacial score (nSPS) is 16.2. The molecule has 1 aromatic heterocycles. The van der Waals surface area contributed by atoms with Crippen LogP contribution in [0.1, 0.15) is 22.9 Å². The predicted molar refractivity (Wildman–Crippen MR) is 98.3 cm³/mol. The number of carbonyl (C=O) groups is 1. The SMILES string of the molecule is Cc1cc(C)cc(OCC(=O)NC[C@H](c2ccco2)N2CCOCC2)c1. The number of amides is 1. The summed E-state index contributed by atoms with van der Waals surface area (Å²) < 4.78 is 16.6. The first-order valence-electron chi connectivity index (χ1n) is 8.95. The van der Waals surface area contributed by atoms with E-state index in [1.165, 1.54) is 0 Å². The number of furan rings is 1. The molecule has 6 nitrogen and oxygen atoms in total. The van der Waals surface area contributed by atoms with Crippen LogP contribution in [0.4, 0.5) is 0 Å². The highest BCUT2D eigenvalue weighted by Crippen LogP contribution is 2.21. The van der Waals surface area contributed by atoms with Crippen LogP contribution in [0.2, 0.25) is 0 Å². The average Bonchev–Trinajstić information content (AvgIpc) is 3.15. The zero-order chi connectivity index (χ0) is 18.4. The summed E-state index contributed by atoms with van der Waals surface area (Å²) in [5, 5.41) is 2.96. The van der Waals surface area contributed by atoms with Gasteiger partial charge in [0.25, 0.3) is 5.91 Å². The highest BCUT2D eigenvalue weighted by atomic mass is 16.5. The molecule has 1 aliphatic heterocycles. The maximum atomic E-state index is 12.2. The van der Waals surface area contributed by atoms with Crippen LogP contribution in [0.25, 0.3) is 0 Å². The Labute approximate surface area is 154 Å². The second kappa shape index (κ2) is 8.87. The second-order valence-electron chi connectivity index (χ2n) is 6.60. The van der Waals surface area contributed by atoms with E-state index in [4.69, 9.17) is 13.9 Å². The highest BCUT2D eigenvalue weighted by molar-refractivity contribution is 5.77. The number of hydrogen-bond donors (Lipinski definition) is 1. The lowest BCUT2D eigenvalue weighted by Crippen LogP contribution is -2.44. The topological polar surface area (TPSA) is 63.9 Å². The van der Waals surface area contributed by atoms with Gasteiger partial charge in [0.05, 0.1) is 25.5 Å². The lowest BCUT2D eigenvalue weighted by atomic mass is 10.1. The van der Waals surface area contributed by atoms with Crippen molar-refractivity contribution in [1.82, 2.24) is 10.2 Å². The summed E-state index contributed by atoms with van der Waals surface area (Å²) in [6.45, 7) is 7.52. The van der Waals surface area contributed by atoms with Crippen LogP contribution in [0.15, 0.2) is 41.0 Å². The van der Waals surface area contributed by atoms with Crippen LogP contribution in [0.3, 0.4) is 0 Å². The Hall–Kier alpha value is -2.31. The third-order valence-corrected chi connectivity index (χ3v) is 4.42. The summed E-state index contributed by atoms with van der Waals surface area (Å²) in [6, 6.07) is 9.74. The molecule has 0 bridgehead atoms. The van der Waals surface area contributed by atoms with Gasteiger partial charge in [0, 0.05) is 19.6 Å². The highest BCUT2D eigenvalue weighted by Gasteiger charge is 2.25. The Morgan fingerprint density at radius 1 is 1.23 bits per heavy atom. The van der Waals surface area contributed by atoms with Gasteiger partial charge in [0.1, 0.15) is 11.5 Å². The zero-order valence-corrected chi connectivity index (χ0v) is 15.4. The summed E-state index contributed by atoms with van der Waals surface area (Å²) >= 11 is 0. The average molecular weight is 358 g/mol. The Morgan fingerprint density at radius 3 is 2.62 bits per heavy atom. The molecule has 0 unspecified atom stereocenters. The molecule has 1 atom stereocenters. The number of hydrogen-bond acceptors (Lipinski definition) is 5. The minimum atomic E-state index is -0.144. The van der Waals surface area contributed by atoms with E-state index < -0.39 is 0 Å². The summed E-state index contributed by atoms with van der Waals surface area (Å²) in [5.41, 5.74) is 2.23. The molecular weight excluding hydrogens is 332 g/mol. The van der Waals surface area contributed by atoms with Gasteiger partial charge in [-0.2, -0.15) is 0 Å². The molecule has 1 fully saturated rings. The van der Waals surface area contributed by atoms with Crippen molar-refractivity contribution in [3.8, 4) is 5.75 Å². The minimum absolute atomic E-state index is 0.000867. The van der Waals surface area contributed by atoms with Gasteiger partial charge in [-0.1, -0.05) is 6.07 Å². The molecule has 1 N–H and O–H groups in total. The van der Waals surface area contributed by atoms with Crippen LogP contribution < -0.4 is 10.1 Å². The number of nitrogens with zero attached hydrogens (tertiary/aromatic N) is 1. The third kappa shape index (κ3) is 5.09. The molecule has 3 rings (SSSR count). The van der Waals surface area contributed by atoms with Gasteiger partial charge in [-0.15, -0.1) is 0 Å². The van der Waals surface area contributed by atoms with E-state index in [1.54, 1.807) is 6.26 Å². The molecule has 140 valence electrons. The third-order valence-electron chi connectivity index (χ3n) is 4.42. The number of carbonyl (C=O) groups excluding carboxylic acids is 1. The van der Waals surface area contributed by atoms with Crippen molar-refractivity contribution in [2.24, 2.45) is 0 Å². The summed E-state index contributed by atoms with van der Waals surface area (Å²) in [6.07, 6.45) is 1.66. The molecule has 0 aliphatic carbocycles. The Kier molecular flexibility index (Phi) is 6.30. The number of nitrogens with one attached hydrogen (secondary N) is 1. The van der Waals surface area contributed by atoms with E-state index >= 15 is 0 Å². The molecule has 0 spiro atoms. The Bertz CT molecular complexity index is 688. The number of aryl methyl sites for hydroxylation is 2. The van der Waals surface area contributed by atoms with Crippen LogP contribution in [0.5, 0.6) is 5.75 Å². The summed E-state index contributed by atoms with van der Waals surface area (Å²) in [5.74, 6) is 1.42. The van der Waals surface area contributed by atoms with E-state index in [1.807, 2.05) is 38.1 Å². The fraction of sp³-hybridized carbons (Fsp3) is 0.450. The van der Waals surface area contributed by atoms with Crippen molar-refractivity contribution in [3.63, 3.8) is 0 Å². The van der Waals surface area contributed by atoms with E-state index in [-0.39, 0.29) is 18.6 Å². The Morgan fingerprint density at radius 2 is 1.96 bits per heavy atom. The minimum Gasteiger partial charge on any atom is -0.484 e. The van der Waals surface area contributed by atoms with Crippen LogP contribution in [-0.2, 0) is 9.53 Å².